The number of aromatic nitrogens is 5. The minimum atomic E-state index is 0.567. The normalized spacial score (nSPS) is 10.7. The Bertz CT molecular complexity index is 1190. The van der Waals surface area contributed by atoms with E-state index < -0.39 is 0 Å². The molecule has 0 bridgehead atoms. The monoisotopic (exact) mass is 416 g/mol. The summed E-state index contributed by atoms with van der Waals surface area (Å²) < 4.78 is 12.6. The molecule has 4 rings (SSSR count). The van der Waals surface area contributed by atoms with Gasteiger partial charge in [0.2, 0.25) is 0 Å². The lowest BCUT2D eigenvalue weighted by Crippen LogP contribution is -2.06. The largest absolute Gasteiger partial charge is 0.493 e. The number of hydrogen-bond acceptors (Lipinski definition) is 7. The quantitative estimate of drug-likeness (QED) is 0.487. The zero-order chi connectivity index (χ0) is 21.8. The Kier molecular flexibility index (Phi) is 5.79. The van der Waals surface area contributed by atoms with Crippen LogP contribution in [0.1, 0.15) is 22.6 Å². The molecule has 0 spiro atoms. The molecule has 0 unspecified atom stereocenters. The van der Waals surface area contributed by atoms with Crippen LogP contribution in [-0.2, 0) is 6.42 Å². The van der Waals surface area contributed by atoms with Crippen molar-refractivity contribution in [2.45, 2.75) is 20.3 Å². The molecule has 0 atom stereocenters. The van der Waals surface area contributed by atoms with Gasteiger partial charge in [-0.3, -0.25) is 4.98 Å². The maximum absolute atomic E-state index is 5.40. The number of hydrogen-bond donors (Lipinski definition) is 1. The first kappa shape index (κ1) is 20.3. The minimum absolute atomic E-state index is 0.567. The highest BCUT2D eigenvalue weighted by Gasteiger charge is 2.14. The summed E-state index contributed by atoms with van der Waals surface area (Å²) in [6.45, 7) is 4.02. The summed E-state index contributed by atoms with van der Waals surface area (Å²) in [7, 11) is 3.25. The molecule has 0 saturated carbocycles. The van der Waals surface area contributed by atoms with Crippen molar-refractivity contribution in [3.05, 3.63) is 77.6 Å². The molecular formula is C23H24N6O2. The average Bonchev–Trinajstić information content (AvgIpc) is 3.08. The van der Waals surface area contributed by atoms with Gasteiger partial charge in [-0.1, -0.05) is 6.07 Å². The lowest BCUT2D eigenvalue weighted by Gasteiger charge is -2.12. The molecule has 0 saturated heterocycles. The van der Waals surface area contributed by atoms with Gasteiger partial charge in [0.25, 0.3) is 0 Å². The number of rotatable bonds is 7. The van der Waals surface area contributed by atoms with E-state index in [9.17, 15) is 0 Å². The highest BCUT2D eigenvalue weighted by atomic mass is 16.5. The highest BCUT2D eigenvalue weighted by Crippen LogP contribution is 2.29. The van der Waals surface area contributed by atoms with Crippen LogP contribution in [0, 0.1) is 13.8 Å². The number of pyridine rings is 1. The van der Waals surface area contributed by atoms with Gasteiger partial charge >= 0.3 is 0 Å². The minimum Gasteiger partial charge on any atom is -0.493 e. The number of benzene rings is 1. The van der Waals surface area contributed by atoms with E-state index in [0.29, 0.717) is 29.6 Å². The van der Waals surface area contributed by atoms with Crippen LogP contribution >= 0.6 is 0 Å². The predicted molar refractivity (Wildman–Crippen MR) is 118 cm³/mol. The molecule has 31 heavy (non-hydrogen) atoms. The SMILES string of the molecule is COc1ccc(Cc2nccc(Nc3c(C)c(C)nn3-c3ccncc3)n2)cc1OC. The molecule has 1 N–H and O–H groups in total. The summed E-state index contributed by atoms with van der Waals surface area (Å²) in [6.07, 6.45) is 5.81. The van der Waals surface area contributed by atoms with Crippen LogP contribution in [0.2, 0.25) is 0 Å². The van der Waals surface area contributed by atoms with Gasteiger partial charge in [-0.05, 0) is 49.7 Å². The van der Waals surface area contributed by atoms with Crippen molar-refractivity contribution in [1.82, 2.24) is 24.7 Å². The fraction of sp³-hybridized carbons (Fsp3) is 0.217. The van der Waals surface area contributed by atoms with E-state index in [2.05, 4.69) is 20.4 Å². The molecule has 158 valence electrons. The highest BCUT2D eigenvalue weighted by molar-refractivity contribution is 5.60. The number of nitrogens with one attached hydrogen (secondary N) is 1. The second-order valence-electron chi connectivity index (χ2n) is 7.03. The van der Waals surface area contributed by atoms with Crippen molar-refractivity contribution in [2.24, 2.45) is 0 Å². The summed E-state index contributed by atoms with van der Waals surface area (Å²) in [6, 6.07) is 11.5. The third-order valence-electron chi connectivity index (χ3n) is 5.03. The summed E-state index contributed by atoms with van der Waals surface area (Å²) in [5, 5.41) is 8.07. The van der Waals surface area contributed by atoms with Crippen LogP contribution in [0.3, 0.4) is 0 Å². The van der Waals surface area contributed by atoms with Gasteiger partial charge in [0.15, 0.2) is 11.5 Å². The zero-order valence-electron chi connectivity index (χ0n) is 18.0. The van der Waals surface area contributed by atoms with E-state index >= 15 is 0 Å². The number of methoxy groups -OCH3 is 2. The van der Waals surface area contributed by atoms with E-state index in [4.69, 9.17) is 14.5 Å². The van der Waals surface area contributed by atoms with Crippen molar-refractivity contribution in [3.63, 3.8) is 0 Å². The molecular weight excluding hydrogens is 392 g/mol. The molecule has 1 aromatic carbocycles. The molecule has 0 fully saturated rings. The topological polar surface area (TPSA) is 87.0 Å². The Hall–Kier alpha value is -3.94. The van der Waals surface area contributed by atoms with Crippen molar-refractivity contribution >= 4 is 11.6 Å². The summed E-state index contributed by atoms with van der Waals surface area (Å²) in [5.74, 6) is 3.63. The summed E-state index contributed by atoms with van der Waals surface area (Å²) in [5.41, 5.74) is 3.95. The van der Waals surface area contributed by atoms with Crippen molar-refractivity contribution < 1.29 is 9.47 Å². The Balaban J connectivity index is 1.61. The van der Waals surface area contributed by atoms with Gasteiger partial charge < -0.3 is 14.8 Å². The Morgan fingerprint density at radius 3 is 2.45 bits per heavy atom. The Labute approximate surface area is 180 Å². The van der Waals surface area contributed by atoms with E-state index in [1.165, 1.54) is 0 Å². The van der Waals surface area contributed by atoms with Crippen LogP contribution in [0.4, 0.5) is 11.6 Å². The predicted octanol–water partition coefficient (Wildman–Crippen LogP) is 4.03. The van der Waals surface area contributed by atoms with Gasteiger partial charge in [-0.15, -0.1) is 0 Å². The van der Waals surface area contributed by atoms with Gasteiger partial charge in [0, 0.05) is 30.6 Å². The summed E-state index contributed by atoms with van der Waals surface area (Å²) in [4.78, 5) is 13.2. The maximum Gasteiger partial charge on any atom is 0.161 e. The third kappa shape index (κ3) is 4.32. The third-order valence-corrected chi connectivity index (χ3v) is 5.03. The molecule has 3 aromatic heterocycles. The van der Waals surface area contributed by atoms with Gasteiger partial charge in [0.1, 0.15) is 17.5 Å². The molecule has 0 aliphatic rings. The second kappa shape index (κ2) is 8.83. The van der Waals surface area contributed by atoms with Crippen LogP contribution in [0.5, 0.6) is 11.5 Å². The van der Waals surface area contributed by atoms with Crippen LogP contribution in [0.15, 0.2) is 55.0 Å². The first-order valence-corrected chi connectivity index (χ1v) is 9.85. The van der Waals surface area contributed by atoms with Crippen molar-refractivity contribution in [2.75, 3.05) is 19.5 Å². The Morgan fingerprint density at radius 2 is 1.71 bits per heavy atom. The van der Waals surface area contributed by atoms with Crippen LogP contribution < -0.4 is 14.8 Å². The smallest absolute Gasteiger partial charge is 0.161 e. The van der Waals surface area contributed by atoms with Crippen molar-refractivity contribution in [1.29, 1.82) is 0 Å². The fourth-order valence-corrected chi connectivity index (χ4v) is 3.27. The Morgan fingerprint density at radius 1 is 0.935 bits per heavy atom. The second-order valence-corrected chi connectivity index (χ2v) is 7.03. The number of aryl methyl sites for hydroxylation is 1. The molecule has 0 aliphatic heterocycles. The lowest BCUT2D eigenvalue weighted by atomic mass is 10.1. The molecule has 3 heterocycles. The van der Waals surface area contributed by atoms with Gasteiger partial charge in [0.05, 0.1) is 25.6 Å². The number of anilines is 2. The molecule has 8 nitrogen and oxygen atoms in total. The van der Waals surface area contributed by atoms with E-state index in [1.807, 2.05) is 54.9 Å². The maximum atomic E-state index is 5.40. The molecule has 0 aliphatic carbocycles. The number of ether oxygens (including phenoxy) is 2. The summed E-state index contributed by atoms with van der Waals surface area (Å²) >= 11 is 0. The van der Waals surface area contributed by atoms with E-state index in [-0.39, 0.29) is 0 Å². The molecule has 8 heteroatoms. The lowest BCUT2D eigenvalue weighted by molar-refractivity contribution is 0.354. The van der Waals surface area contributed by atoms with Gasteiger partial charge in [-0.25, -0.2) is 14.6 Å². The van der Waals surface area contributed by atoms with Crippen LogP contribution in [-0.4, -0.2) is 39.0 Å². The fourth-order valence-electron chi connectivity index (χ4n) is 3.27. The molecule has 0 radical (unpaired) electrons. The first-order valence-electron chi connectivity index (χ1n) is 9.85. The zero-order valence-corrected chi connectivity index (χ0v) is 18.0. The van der Waals surface area contributed by atoms with E-state index in [0.717, 1.165) is 28.3 Å². The van der Waals surface area contributed by atoms with Crippen molar-refractivity contribution in [3.8, 4) is 17.2 Å². The average molecular weight is 416 g/mol. The van der Waals surface area contributed by atoms with Crippen LogP contribution in [0.25, 0.3) is 5.69 Å². The van der Waals surface area contributed by atoms with Gasteiger partial charge in [-0.2, -0.15) is 5.10 Å². The first-order chi connectivity index (χ1) is 15.1. The molecule has 0 amide bonds. The standard InChI is InChI=1S/C23H24N6O2/c1-15-16(2)28-29(18-7-10-24-11-8-18)23(15)27-21-9-12-25-22(26-21)14-17-5-6-19(30-3)20(13-17)31-4/h5-13H,14H2,1-4H3,(H,25,26,27). The number of nitrogens with zero attached hydrogens (tertiary/aromatic N) is 5. The molecule has 4 aromatic rings. The van der Waals surface area contributed by atoms with E-state index in [1.54, 1.807) is 32.8 Å².